The highest BCUT2D eigenvalue weighted by Gasteiger charge is 2.09. The van der Waals surface area contributed by atoms with Gasteiger partial charge in [0.25, 0.3) is 0 Å². The first-order valence-corrected chi connectivity index (χ1v) is 6.73. The van der Waals surface area contributed by atoms with Gasteiger partial charge in [0.1, 0.15) is 0 Å². The average Bonchev–Trinajstić information content (AvgIpc) is 2.46. The number of carboxylic acid groups (broad SMARTS) is 1. The number of carbonyl (C=O) groups is 1. The molecule has 1 atom stereocenters. The van der Waals surface area contributed by atoms with Gasteiger partial charge in [0, 0.05) is 11.7 Å². The van der Waals surface area contributed by atoms with Crippen LogP contribution in [-0.4, -0.2) is 11.1 Å². The van der Waals surface area contributed by atoms with E-state index in [0.29, 0.717) is 6.42 Å². The van der Waals surface area contributed by atoms with Crippen molar-refractivity contribution in [1.82, 2.24) is 0 Å². The van der Waals surface area contributed by atoms with Gasteiger partial charge in [-0.3, -0.25) is 4.79 Å². The minimum Gasteiger partial charge on any atom is -0.481 e. The first-order chi connectivity index (χ1) is 9.16. The standard InChI is InChI=1S/C16H16O2S/c17-16(18)11-10-15(19)14-8-6-13(7-9-14)12-4-2-1-3-5-12/h1-9,15,19H,10-11H2,(H,17,18). The summed E-state index contributed by atoms with van der Waals surface area (Å²) in [5, 5.41) is 8.64. The molecule has 0 amide bonds. The molecule has 0 bridgehead atoms. The monoisotopic (exact) mass is 272 g/mol. The molecule has 19 heavy (non-hydrogen) atoms. The third-order valence-corrected chi connectivity index (χ3v) is 3.59. The molecule has 0 aliphatic carbocycles. The minimum absolute atomic E-state index is 0.0269. The third kappa shape index (κ3) is 3.86. The van der Waals surface area contributed by atoms with Gasteiger partial charge in [0.15, 0.2) is 0 Å². The highest BCUT2D eigenvalue weighted by Crippen LogP contribution is 2.27. The normalized spacial score (nSPS) is 12.1. The van der Waals surface area contributed by atoms with Crippen molar-refractivity contribution in [2.24, 2.45) is 0 Å². The number of hydrogen-bond donors (Lipinski definition) is 2. The molecule has 0 fully saturated rings. The van der Waals surface area contributed by atoms with Crippen LogP contribution in [-0.2, 0) is 4.79 Å². The van der Waals surface area contributed by atoms with E-state index in [1.54, 1.807) is 0 Å². The summed E-state index contributed by atoms with van der Waals surface area (Å²) in [5.41, 5.74) is 3.39. The van der Waals surface area contributed by atoms with Crippen LogP contribution in [0.5, 0.6) is 0 Å². The molecule has 0 spiro atoms. The lowest BCUT2D eigenvalue weighted by Crippen LogP contribution is -1.98. The molecule has 0 aliphatic heterocycles. The molecule has 1 unspecified atom stereocenters. The molecule has 0 heterocycles. The van der Waals surface area contributed by atoms with E-state index >= 15 is 0 Å². The molecule has 1 N–H and O–H groups in total. The van der Waals surface area contributed by atoms with E-state index in [2.05, 4.69) is 36.9 Å². The summed E-state index contributed by atoms with van der Waals surface area (Å²) < 4.78 is 0. The second-order valence-corrected chi connectivity index (χ2v) is 5.06. The summed E-state index contributed by atoms with van der Waals surface area (Å²) in [5.74, 6) is -0.778. The van der Waals surface area contributed by atoms with Gasteiger partial charge < -0.3 is 5.11 Å². The number of aliphatic carboxylic acids is 1. The Kier molecular flexibility index (Phi) is 4.63. The summed E-state index contributed by atoms with van der Waals surface area (Å²) in [7, 11) is 0. The Morgan fingerprint density at radius 1 is 1.00 bits per heavy atom. The quantitative estimate of drug-likeness (QED) is 0.801. The Bertz CT molecular complexity index is 534. The van der Waals surface area contributed by atoms with E-state index < -0.39 is 5.97 Å². The van der Waals surface area contributed by atoms with E-state index in [1.807, 2.05) is 30.3 Å². The summed E-state index contributed by atoms with van der Waals surface area (Å²) in [4.78, 5) is 10.5. The van der Waals surface area contributed by atoms with Gasteiger partial charge in [-0.1, -0.05) is 54.6 Å². The van der Waals surface area contributed by atoms with E-state index in [-0.39, 0.29) is 11.7 Å². The van der Waals surface area contributed by atoms with E-state index in [1.165, 1.54) is 5.56 Å². The lowest BCUT2D eigenvalue weighted by atomic mass is 10.0. The largest absolute Gasteiger partial charge is 0.481 e. The van der Waals surface area contributed by atoms with Crippen molar-refractivity contribution in [3.8, 4) is 11.1 Å². The van der Waals surface area contributed by atoms with Crippen LogP contribution in [0.1, 0.15) is 23.7 Å². The maximum atomic E-state index is 10.5. The topological polar surface area (TPSA) is 37.3 Å². The molecule has 2 rings (SSSR count). The summed E-state index contributed by atoms with van der Waals surface area (Å²) in [6, 6.07) is 18.3. The van der Waals surface area contributed by atoms with Crippen molar-refractivity contribution in [3.05, 3.63) is 60.2 Å². The SMILES string of the molecule is O=C(O)CCC(S)c1ccc(-c2ccccc2)cc1. The number of rotatable bonds is 5. The van der Waals surface area contributed by atoms with Gasteiger partial charge in [-0.2, -0.15) is 12.6 Å². The molecule has 0 saturated heterocycles. The molecule has 0 saturated carbocycles. The fraction of sp³-hybridized carbons (Fsp3) is 0.188. The molecule has 0 radical (unpaired) electrons. The molecular formula is C16H16O2S. The van der Waals surface area contributed by atoms with Crippen LogP contribution >= 0.6 is 12.6 Å². The van der Waals surface area contributed by atoms with Crippen LogP contribution in [0, 0.1) is 0 Å². The molecule has 98 valence electrons. The first kappa shape index (κ1) is 13.7. The van der Waals surface area contributed by atoms with Crippen LogP contribution in [0.15, 0.2) is 54.6 Å². The van der Waals surface area contributed by atoms with Gasteiger partial charge in [0.2, 0.25) is 0 Å². The van der Waals surface area contributed by atoms with Crippen molar-refractivity contribution in [3.63, 3.8) is 0 Å². The fourth-order valence-corrected chi connectivity index (χ4v) is 2.26. The number of thiol groups is 1. The Morgan fingerprint density at radius 3 is 2.16 bits per heavy atom. The van der Waals surface area contributed by atoms with Crippen LogP contribution in [0.3, 0.4) is 0 Å². The summed E-state index contributed by atoms with van der Waals surface area (Å²) >= 11 is 4.45. The zero-order valence-electron chi connectivity index (χ0n) is 10.5. The van der Waals surface area contributed by atoms with Crippen LogP contribution in [0.25, 0.3) is 11.1 Å². The van der Waals surface area contributed by atoms with Crippen molar-refractivity contribution in [2.45, 2.75) is 18.1 Å². The van der Waals surface area contributed by atoms with E-state index in [4.69, 9.17) is 5.11 Å². The van der Waals surface area contributed by atoms with Crippen LogP contribution < -0.4 is 0 Å². The van der Waals surface area contributed by atoms with Crippen molar-refractivity contribution < 1.29 is 9.90 Å². The first-order valence-electron chi connectivity index (χ1n) is 6.22. The lowest BCUT2D eigenvalue weighted by Gasteiger charge is -2.10. The smallest absolute Gasteiger partial charge is 0.303 e. The van der Waals surface area contributed by atoms with Crippen molar-refractivity contribution >= 4 is 18.6 Å². The Morgan fingerprint density at radius 2 is 1.58 bits per heavy atom. The van der Waals surface area contributed by atoms with Gasteiger partial charge >= 0.3 is 5.97 Å². The minimum atomic E-state index is -0.778. The Labute approximate surface area is 118 Å². The maximum absolute atomic E-state index is 10.5. The fourth-order valence-electron chi connectivity index (χ4n) is 1.96. The van der Waals surface area contributed by atoms with Gasteiger partial charge in [-0.05, 0) is 23.1 Å². The highest BCUT2D eigenvalue weighted by molar-refractivity contribution is 7.80. The zero-order valence-corrected chi connectivity index (χ0v) is 11.4. The molecule has 2 aromatic carbocycles. The molecule has 2 aromatic rings. The van der Waals surface area contributed by atoms with E-state index in [0.717, 1.165) is 11.1 Å². The molecule has 0 aliphatic rings. The predicted octanol–water partition coefficient (Wildman–Crippen LogP) is 4.19. The van der Waals surface area contributed by atoms with Crippen LogP contribution in [0.2, 0.25) is 0 Å². The number of benzene rings is 2. The summed E-state index contributed by atoms with van der Waals surface area (Å²) in [6.07, 6.45) is 0.692. The molecular weight excluding hydrogens is 256 g/mol. The van der Waals surface area contributed by atoms with Crippen LogP contribution in [0.4, 0.5) is 0 Å². The second kappa shape index (κ2) is 6.43. The molecule has 3 heteroatoms. The van der Waals surface area contributed by atoms with Gasteiger partial charge in [-0.25, -0.2) is 0 Å². The number of hydrogen-bond acceptors (Lipinski definition) is 2. The predicted molar refractivity (Wildman–Crippen MR) is 80.5 cm³/mol. The van der Waals surface area contributed by atoms with Gasteiger partial charge in [-0.15, -0.1) is 0 Å². The maximum Gasteiger partial charge on any atom is 0.303 e. The third-order valence-electron chi connectivity index (χ3n) is 3.03. The second-order valence-electron chi connectivity index (χ2n) is 4.44. The number of carboxylic acids is 1. The molecule has 2 nitrogen and oxygen atoms in total. The zero-order chi connectivity index (χ0) is 13.7. The van der Waals surface area contributed by atoms with Crippen molar-refractivity contribution in [2.75, 3.05) is 0 Å². The lowest BCUT2D eigenvalue weighted by molar-refractivity contribution is -0.137. The Balaban J connectivity index is 2.08. The highest BCUT2D eigenvalue weighted by atomic mass is 32.1. The van der Waals surface area contributed by atoms with E-state index in [9.17, 15) is 4.79 Å². The van der Waals surface area contributed by atoms with Crippen molar-refractivity contribution in [1.29, 1.82) is 0 Å². The summed E-state index contributed by atoms with van der Waals surface area (Å²) in [6.45, 7) is 0. The Hall–Kier alpha value is -1.74. The average molecular weight is 272 g/mol. The van der Waals surface area contributed by atoms with Gasteiger partial charge in [0.05, 0.1) is 0 Å². The molecule has 0 aromatic heterocycles.